The van der Waals surface area contributed by atoms with Crippen molar-refractivity contribution in [1.82, 2.24) is 34.4 Å². The number of rotatable bonds is 7. The molecule has 11 heteroatoms. The third-order valence-electron chi connectivity index (χ3n) is 7.21. The maximum atomic E-state index is 10.9. The van der Waals surface area contributed by atoms with E-state index < -0.39 is 10.9 Å². The SMILES string of the molecule is Nc1ncnc2c1c(-c1ccc3[nH]c(Cc4ccccc4)nc3c1)nn2C1CCC(CN[SH](=O)=O)CC1. The fourth-order valence-electron chi connectivity index (χ4n) is 5.33. The van der Waals surface area contributed by atoms with Crippen molar-refractivity contribution in [3.8, 4) is 11.3 Å². The van der Waals surface area contributed by atoms with E-state index in [1.54, 1.807) is 0 Å². The third kappa shape index (κ3) is 4.79. The zero-order valence-corrected chi connectivity index (χ0v) is 21.1. The van der Waals surface area contributed by atoms with Gasteiger partial charge in [0.15, 0.2) is 5.65 Å². The number of benzene rings is 2. The minimum Gasteiger partial charge on any atom is -0.383 e. The molecule has 1 fully saturated rings. The van der Waals surface area contributed by atoms with E-state index in [1.165, 1.54) is 11.9 Å². The first kappa shape index (κ1) is 23.6. The highest BCUT2D eigenvalue weighted by Crippen LogP contribution is 2.37. The Kier molecular flexibility index (Phi) is 6.31. The highest BCUT2D eigenvalue weighted by molar-refractivity contribution is 7.70. The fourth-order valence-corrected chi connectivity index (χ4v) is 5.74. The van der Waals surface area contributed by atoms with E-state index >= 15 is 0 Å². The molecule has 190 valence electrons. The first-order valence-corrected chi connectivity index (χ1v) is 13.6. The third-order valence-corrected chi connectivity index (χ3v) is 7.65. The molecule has 0 spiro atoms. The molecule has 3 heterocycles. The van der Waals surface area contributed by atoms with E-state index in [4.69, 9.17) is 15.8 Å². The molecule has 1 aliphatic carbocycles. The number of fused-ring (bicyclic) bond motifs is 2. The molecule has 10 nitrogen and oxygen atoms in total. The Bertz CT molecular complexity index is 1630. The molecular formula is C26H28N8O2S. The number of hydrogen-bond acceptors (Lipinski definition) is 7. The number of H-pyrrole nitrogens is 1. The van der Waals surface area contributed by atoms with Crippen molar-refractivity contribution in [2.75, 3.05) is 12.3 Å². The molecule has 4 N–H and O–H groups in total. The van der Waals surface area contributed by atoms with Gasteiger partial charge in [-0.25, -0.2) is 32.8 Å². The number of nitrogen functional groups attached to an aromatic ring is 1. The predicted octanol–water partition coefficient (Wildman–Crippen LogP) is 3.39. The number of nitrogens with two attached hydrogens (primary N) is 1. The molecule has 0 radical (unpaired) electrons. The normalized spacial score (nSPS) is 18.2. The fraction of sp³-hybridized carbons (Fsp3) is 0.308. The number of nitrogens with one attached hydrogen (secondary N) is 2. The lowest BCUT2D eigenvalue weighted by Gasteiger charge is -2.28. The lowest BCUT2D eigenvalue weighted by Crippen LogP contribution is -2.27. The van der Waals surface area contributed by atoms with Crippen molar-refractivity contribution in [3.63, 3.8) is 0 Å². The molecule has 0 amide bonds. The Morgan fingerprint density at radius 1 is 1.05 bits per heavy atom. The van der Waals surface area contributed by atoms with Crippen molar-refractivity contribution in [3.05, 3.63) is 66.2 Å². The standard InChI is InChI=1S/C26H28N8O2S/c27-25-23-24(18-8-11-20-21(13-18)32-22(31-20)12-16-4-2-1-3-5-16)33-34(26(23)29-15-28-25)19-9-6-17(7-10-19)14-30-37(35)36/h1-5,8,11,13,15,17,19,37H,6-7,9-10,12,14H2,(H,31,32)(H2,27,28,29)(H,30,35,36). The van der Waals surface area contributed by atoms with Gasteiger partial charge in [0, 0.05) is 18.5 Å². The van der Waals surface area contributed by atoms with Gasteiger partial charge in [0.05, 0.1) is 22.5 Å². The van der Waals surface area contributed by atoms with Crippen LogP contribution < -0.4 is 10.5 Å². The zero-order valence-electron chi connectivity index (χ0n) is 20.2. The summed E-state index contributed by atoms with van der Waals surface area (Å²) >= 11 is 0. The van der Waals surface area contributed by atoms with Gasteiger partial charge in [-0.3, -0.25) is 0 Å². The van der Waals surface area contributed by atoms with Gasteiger partial charge in [0.1, 0.15) is 23.7 Å². The average Bonchev–Trinajstić information content (AvgIpc) is 3.50. The van der Waals surface area contributed by atoms with Crippen LogP contribution in [0.2, 0.25) is 0 Å². The van der Waals surface area contributed by atoms with E-state index in [0.29, 0.717) is 18.3 Å². The Morgan fingerprint density at radius 3 is 2.65 bits per heavy atom. The van der Waals surface area contributed by atoms with Crippen LogP contribution in [0.3, 0.4) is 0 Å². The van der Waals surface area contributed by atoms with Crippen molar-refractivity contribution >= 4 is 38.8 Å². The minimum atomic E-state index is -2.56. The Hall–Kier alpha value is -3.83. The summed E-state index contributed by atoms with van der Waals surface area (Å²) in [6.45, 7) is 0.488. The highest BCUT2D eigenvalue weighted by Gasteiger charge is 2.27. The molecule has 0 saturated heterocycles. The van der Waals surface area contributed by atoms with Gasteiger partial charge < -0.3 is 10.7 Å². The van der Waals surface area contributed by atoms with E-state index in [0.717, 1.165) is 71.3 Å². The topological polar surface area (TPSA) is 144 Å². The summed E-state index contributed by atoms with van der Waals surface area (Å²) in [5.41, 5.74) is 11.7. The second-order valence-electron chi connectivity index (χ2n) is 9.62. The van der Waals surface area contributed by atoms with Crippen molar-refractivity contribution in [2.24, 2.45) is 5.92 Å². The molecular weight excluding hydrogens is 488 g/mol. The molecule has 3 aromatic heterocycles. The number of thiol groups is 1. The monoisotopic (exact) mass is 516 g/mol. The van der Waals surface area contributed by atoms with E-state index in [9.17, 15) is 8.42 Å². The second-order valence-corrected chi connectivity index (χ2v) is 10.5. The molecule has 0 unspecified atom stereocenters. The van der Waals surface area contributed by atoms with Gasteiger partial charge in [-0.2, -0.15) is 5.10 Å². The predicted molar refractivity (Wildman–Crippen MR) is 143 cm³/mol. The zero-order chi connectivity index (χ0) is 25.4. The van der Waals surface area contributed by atoms with Crippen LogP contribution in [-0.2, 0) is 17.3 Å². The van der Waals surface area contributed by atoms with Gasteiger partial charge in [0.25, 0.3) is 0 Å². The van der Waals surface area contributed by atoms with Crippen molar-refractivity contribution in [2.45, 2.75) is 38.1 Å². The summed E-state index contributed by atoms with van der Waals surface area (Å²) < 4.78 is 26.3. The summed E-state index contributed by atoms with van der Waals surface area (Å²) in [6.07, 6.45) is 5.83. The lowest BCUT2D eigenvalue weighted by atomic mass is 9.86. The minimum absolute atomic E-state index is 0.161. The summed E-state index contributed by atoms with van der Waals surface area (Å²) in [5.74, 6) is 1.64. The summed E-state index contributed by atoms with van der Waals surface area (Å²) in [4.78, 5) is 17.0. The van der Waals surface area contributed by atoms with E-state index in [2.05, 4.69) is 31.8 Å². The molecule has 0 atom stereocenters. The maximum absolute atomic E-state index is 10.9. The van der Waals surface area contributed by atoms with Crippen LogP contribution in [0.4, 0.5) is 5.82 Å². The highest BCUT2D eigenvalue weighted by atomic mass is 32.2. The molecule has 1 saturated carbocycles. The van der Waals surface area contributed by atoms with Crippen molar-refractivity contribution < 1.29 is 8.42 Å². The van der Waals surface area contributed by atoms with E-state index in [1.807, 2.05) is 41.1 Å². The number of anilines is 1. The van der Waals surface area contributed by atoms with Gasteiger partial charge >= 0.3 is 0 Å². The van der Waals surface area contributed by atoms with Crippen LogP contribution in [0.25, 0.3) is 33.3 Å². The first-order chi connectivity index (χ1) is 18.0. The van der Waals surface area contributed by atoms with Gasteiger partial charge in [-0.1, -0.05) is 36.4 Å². The quantitative estimate of drug-likeness (QED) is 0.243. The number of nitrogens with zero attached hydrogens (tertiary/aromatic N) is 5. The van der Waals surface area contributed by atoms with Crippen LogP contribution in [0, 0.1) is 5.92 Å². The Labute approximate surface area is 215 Å². The molecule has 6 rings (SSSR count). The number of hydrogen-bond donors (Lipinski definition) is 4. The number of imidazole rings is 1. The number of aromatic nitrogens is 6. The van der Waals surface area contributed by atoms with Gasteiger partial charge in [0.2, 0.25) is 10.9 Å². The molecule has 2 aromatic carbocycles. The lowest BCUT2D eigenvalue weighted by molar-refractivity contribution is 0.266. The van der Waals surface area contributed by atoms with Crippen LogP contribution in [-0.4, -0.2) is 44.7 Å². The van der Waals surface area contributed by atoms with Crippen LogP contribution in [0.5, 0.6) is 0 Å². The maximum Gasteiger partial charge on any atom is 0.201 e. The van der Waals surface area contributed by atoms with Crippen LogP contribution >= 0.6 is 0 Å². The molecule has 5 aromatic rings. The Morgan fingerprint density at radius 2 is 1.86 bits per heavy atom. The molecule has 1 aliphatic rings. The largest absolute Gasteiger partial charge is 0.383 e. The average molecular weight is 517 g/mol. The first-order valence-electron chi connectivity index (χ1n) is 12.4. The number of aromatic amines is 1. The van der Waals surface area contributed by atoms with Gasteiger partial charge in [-0.15, -0.1) is 0 Å². The second kappa shape index (κ2) is 9.91. The van der Waals surface area contributed by atoms with Crippen LogP contribution in [0.1, 0.15) is 43.1 Å². The van der Waals surface area contributed by atoms with Crippen molar-refractivity contribution in [1.29, 1.82) is 0 Å². The Balaban J connectivity index is 1.32. The molecule has 37 heavy (non-hydrogen) atoms. The molecule has 0 bridgehead atoms. The van der Waals surface area contributed by atoms with E-state index in [-0.39, 0.29) is 6.04 Å². The smallest absolute Gasteiger partial charge is 0.201 e. The summed E-state index contributed by atoms with van der Waals surface area (Å²) in [5, 5.41) is 5.75. The molecule has 0 aliphatic heterocycles. The summed E-state index contributed by atoms with van der Waals surface area (Å²) in [6, 6.07) is 16.5. The van der Waals surface area contributed by atoms with Crippen LogP contribution in [0.15, 0.2) is 54.9 Å². The summed E-state index contributed by atoms with van der Waals surface area (Å²) in [7, 11) is -2.56. The van der Waals surface area contributed by atoms with Gasteiger partial charge in [-0.05, 0) is 49.3 Å².